The molecule has 27 heavy (non-hydrogen) atoms. The Hall–Kier alpha value is -1.14. The highest BCUT2D eigenvalue weighted by molar-refractivity contribution is 7.11. The molecule has 1 aliphatic carbocycles. The van der Waals surface area contributed by atoms with Crippen LogP contribution in [0.5, 0.6) is 5.19 Å². The molecule has 0 radical (unpaired) electrons. The first-order valence-corrected chi connectivity index (χ1v) is 11.7. The topological polar surface area (TPSA) is 45.7 Å². The van der Waals surface area contributed by atoms with Gasteiger partial charge in [-0.25, -0.2) is 4.98 Å². The van der Waals surface area contributed by atoms with Gasteiger partial charge in [0.2, 0.25) is 5.91 Å². The fraction of sp³-hybridized carbons (Fsp3) is 0.810. The van der Waals surface area contributed by atoms with Crippen LogP contribution < -0.4 is 4.74 Å². The summed E-state index contributed by atoms with van der Waals surface area (Å²) in [5.74, 6) is 1.07. The zero-order valence-corrected chi connectivity index (χ0v) is 17.2. The summed E-state index contributed by atoms with van der Waals surface area (Å²) in [6, 6.07) is 0.643. The first-order valence-electron chi connectivity index (χ1n) is 10.9. The molecular weight excluding hydrogens is 358 g/mol. The average molecular weight is 392 g/mol. The van der Waals surface area contributed by atoms with Gasteiger partial charge in [0.25, 0.3) is 5.19 Å². The van der Waals surface area contributed by atoms with E-state index in [4.69, 9.17) is 4.74 Å². The van der Waals surface area contributed by atoms with Gasteiger partial charge in [0.1, 0.15) is 6.10 Å². The molecule has 1 aromatic heterocycles. The van der Waals surface area contributed by atoms with E-state index in [1.54, 1.807) is 17.5 Å². The van der Waals surface area contributed by atoms with E-state index in [1.165, 1.54) is 32.1 Å². The summed E-state index contributed by atoms with van der Waals surface area (Å²) >= 11 is 1.58. The SMILES string of the molecule is O=C(CC1CCCCC1)N1CCC(N2CCC(Oc3nccs3)CC2)CC1. The third-order valence-electron chi connectivity index (χ3n) is 6.68. The van der Waals surface area contributed by atoms with Gasteiger partial charge < -0.3 is 9.64 Å². The van der Waals surface area contributed by atoms with Crippen molar-refractivity contribution in [2.75, 3.05) is 26.2 Å². The molecule has 1 saturated carbocycles. The van der Waals surface area contributed by atoms with Crippen LogP contribution in [0.25, 0.3) is 0 Å². The minimum atomic E-state index is 0.310. The molecule has 0 spiro atoms. The van der Waals surface area contributed by atoms with Crippen LogP contribution in [0.2, 0.25) is 0 Å². The lowest BCUT2D eigenvalue weighted by atomic mass is 9.86. The van der Waals surface area contributed by atoms with E-state index in [1.807, 2.05) is 5.38 Å². The van der Waals surface area contributed by atoms with Gasteiger partial charge in [-0.2, -0.15) is 0 Å². The van der Waals surface area contributed by atoms with Gasteiger partial charge in [-0.05, 0) is 44.4 Å². The van der Waals surface area contributed by atoms with E-state index in [0.717, 1.165) is 63.5 Å². The second-order valence-corrected chi connectivity index (χ2v) is 9.33. The van der Waals surface area contributed by atoms with Crippen molar-refractivity contribution in [3.8, 4) is 5.19 Å². The number of hydrogen-bond donors (Lipinski definition) is 0. The third-order valence-corrected chi connectivity index (χ3v) is 7.34. The molecule has 3 fully saturated rings. The first-order chi connectivity index (χ1) is 13.3. The number of thiazole rings is 1. The van der Waals surface area contributed by atoms with E-state index in [2.05, 4.69) is 14.8 Å². The van der Waals surface area contributed by atoms with Crippen molar-refractivity contribution in [3.05, 3.63) is 11.6 Å². The summed E-state index contributed by atoms with van der Waals surface area (Å²) in [5, 5.41) is 2.77. The Morgan fingerprint density at radius 2 is 1.78 bits per heavy atom. The van der Waals surface area contributed by atoms with Gasteiger partial charge in [-0.1, -0.05) is 30.6 Å². The van der Waals surface area contributed by atoms with Crippen LogP contribution in [0.1, 0.15) is 64.2 Å². The zero-order chi connectivity index (χ0) is 18.5. The lowest BCUT2D eigenvalue weighted by molar-refractivity contribution is -0.134. The smallest absolute Gasteiger partial charge is 0.273 e. The molecule has 0 bridgehead atoms. The van der Waals surface area contributed by atoms with Crippen LogP contribution in [-0.2, 0) is 4.79 Å². The number of carbonyl (C=O) groups is 1. The van der Waals surface area contributed by atoms with Crippen LogP contribution in [0.3, 0.4) is 0 Å². The summed E-state index contributed by atoms with van der Waals surface area (Å²) in [5.41, 5.74) is 0. The van der Waals surface area contributed by atoms with Crippen LogP contribution >= 0.6 is 11.3 Å². The zero-order valence-electron chi connectivity index (χ0n) is 16.4. The molecule has 0 aromatic carbocycles. The van der Waals surface area contributed by atoms with Crippen molar-refractivity contribution in [1.29, 1.82) is 0 Å². The largest absolute Gasteiger partial charge is 0.467 e. The second kappa shape index (κ2) is 9.37. The molecule has 2 aliphatic heterocycles. The van der Waals surface area contributed by atoms with Crippen molar-refractivity contribution < 1.29 is 9.53 Å². The Morgan fingerprint density at radius 1 is 1.04 bits per heavy atom. The van der Waals surface area contributed by atoms with Gasteiger partial charge in [-0.15, -0.1) is 0 Å². The van der Waals surface area contributed by atoms with Crippen LogP contribution in [0.4, 0.5) is 0 Å². The van der Waals surface area contributed by atoms with E-state index >= 15 is 0 Å². The standard InChI is InChI=1S/C21H33N3O2S/c25-20(16-17-4-2-1-3-5-17)24-11-6-18(7-12-24)23-13-8-19(9-14-23)26-21-22-10-15-27-21/h10,15,17-19H,1-9,11-14,16H2. The maximum Gasteiger partial charge on any atom is 0.273 e. The molecule has 0 unspecified atom stereocenters. The number of carbonyl (C=O) groups excluding carboxylic acids is 1. The Morgan fingerprint density at radius 3 is 2.44 bits per heavy atom. The third kappa shape index (κ3) is 5.23. The molecule has 3 heterocycles. The number of rotatable bonds is 5. The van der Waals surface area contributed by atoms with Crippen molar-refractivity contribution in [2.24, 2.45) is 5.92 Å². The summed E-state index contributed by atoms with van der Waals surface area (Å²) in [4.78, 5) is 21.6. The van der Waals surface area contributed by atoms with Crippen LogP contribution in [0, 0.1) is 5.92 Å². The lowest BCUT2D eigenvalue weighted by Gasteiger charge is -2.41. The summed E-state index contributed by atoms with van der Waals surface area (Å²) < 4.78 is 5.98. The highest BCUT2D eigenvalue weighted by Crippen LogP contribution is 2.28. The van der Waals surface area contributed by atoms with E-state index < -0.39 is 0 Å². The van der Waals surface area contributed by atoms with Gasteiger partial charge in [0.15, 0.2) is 0 Å². The molecule has 6 heteroatoms. The maximum absolute atomic E-state index is 12.6. The molecule has 5 nitrogen and oxygen atoms in total. The maximum atomic E-state index is 12.6. The van der Waals surface area contributed by atoms with Crippen molar-refractivity contribution in [2.45, 2.75) is 76.4 Å². The van der Waals surface area contributed by atoms with Crippen molar-refractivity contribution >= 4 is 17.2 Å². The Kier molecular flexibility index (Phi) is 6.66. The minimum Gasteiger partial charge on any atom is -0.467 e. The molecular formula is C21H33N3O2S. The van der Waals surface area contributed by atoms with Gasteiger partial charge in [-0.3, -0.25) is 9.69 Å². The van der Waals surface area contributed by atoms with E-state index in [9.17, 15) is 4.79 Å². The molecule has 1 amide bonds. The number of amides is 1. The number of hydrogen-bond acceptors (Lipinski definition) is 5. The Labute approximate surface area is 167 Å². The quantitative estimate of drug-likeness (QED) is 0.762. The summed E-state index contributed by atoms with van der Waals surface area (Å²) in [7, 11) is 0. The van der Waals surface area contributed by atoms with Crippen LogP contribution in [-0.4, -0.2) is 59.0 Å². The fourth-order valence-electron chi connectivity index (χ4n) is 5.02. The monoisotopic (exact) mass is 391 g/mol. The number of nitrogens with zero attached hydrogens (tertiary/aromatic N) is 3. The molecule has 0 atom stereocenters. The number of aromatic nitrogens is 1. The predicted octanol–water partition coefficient (Wildman–Crippen LogP) is 3.95. The van der Waals surface area contributed by atoms with Crippen LogP contribution in [0.15, 0.2) is 11.6 Å². The van der Waals surface area contributed by atoms with Crippen molar-refractivity contribution in [3.63, 3.8) is 0 Å². The second-order valence-electron chi connectivity index (χ2n) is 8.47. The Bertz CT molecular complexity index is 572. The Balaban J connectivity index is 1.16. The number of piperidine rings is 2. The fourth-order valence-corrected chi connectivity index (χ4v) is 5.57. The minimum absolute atomic E-state index is 0.310. The van der Waals surface area contributed by atoms with Gasteiger partial charge >= 0.3 is 0 Å². The lowest BCUT2D eigenvalue weighted by Crippen LogP contribution is -2.50. The highest BCUT2D eigenvalue weighted by Gasteiger charge is 2.31. The first kappa shape index (κ1) is 19.2. The molecule has 3 aliphatic rings. The molecule has 4 rings (SSSR count). The number of ether oxygens (including phenoxy) is 1. The van der Waals surface area contributed by atoms with Gasteiger partial charge in [0.05, 0.1) is 0 Å². The molecule has 2 saturated heterocycles. The molecule has 0 N–H and O–H groups in total. The summed E-state index contributed by atoms with van der Waals surface area (Å²) in [6.45, 7) is 4.12. The average Bonchev–Trinajstić information content (AvgIpc) is 3.22. The predicted molar refractivity (Wildman–Crippen MR) is 108 cm³/mol. The van der Waals surface area contributed by atoms with Gasteiger partial charge in [0, 0.05) is 50.2 Å². The summed E-state index contributed by atoms with van der Waals surface area (Å²) in [6.07, 6.45) is 13.9. The van der Waals surface area contributed by atoms with E-state index in [0.29, 0.717) is 24.0 Å². The number of likely N-dealkylation sites (tertiary alicyclic amines) is 2. The highest BCUT2D eigenvalue weighted by atomic mass is 32.1. The normalized spacial score (nSPS) is 24.2. The molecule has 1 aromatic rings. The molecule has 150 valence electrons. The van der Waals surface area contributed by atoms with Crippen molar-refractivity contribution in [1.82, 2.24) is 14.8 Å². The van der Waals surface area contributed by atoms with E-state index in [-0.39, 0.29) is 0 Å².